The molecule has 0 amide bonds. The summed E-state index contributed by atoms with van der Waals surface area (Å²) >= 11 is 5.77. The number of aromatic carboxylic acids is 1. The lowest BCUT2D eigenvalue weighted by Gasteiger charge is -2.15. The highest BCUT2D eigenvalue weighted by molar-refractivity contribution is 7.89. The van der Waals surface area contributed by atoms with Crippen LogP contribution in [0.2, 0.25) is 5.02 Å². The summed E-state index contributed by atoms with van der Waals surface area (Å²) in [6.45, 7) is 0.155. The Morgan fingerprint density at radius 3 is 2.62 bits per heavy atom. The molecule has 0 bridgehead atoms. The Kier molecular flexibility index (Phi) is 4.88. The van der Waals surface area contributed by atoms with Crippen LogP contribution in [0.4, 0.5) is 0 Å². The molecule has 0 spiro atoms. The van der Waals surface area contributed by atoms with E-state index in [1.165, 1.54) is 6.07 Å². The van der Waals surface area contributed by atoms with Crippen LogP contribution in [0.5, 0.6) is 0 Å². The minimum Gasteiger partial charge on any atom is -0.478 e. The van der Waals surface area contributed by atoms with E-state index in [0.29, 0.717) is 6.42 Å². The van der Waals surface area contributed by atoms with E-state index in [1.54, 1.807) is 0 Å². The van der Waals surface area contributed by atoms with Crippen LogP contribution in [0.1, 0.15) is 29.6 Å². The van der Waals surface area contributed by atoms with Crippen molar-refractivity contribution in [3.05, 3.63) is 28.8 Å². The number of carboxylic acids is 1. The Labute approximate surface area is 127 Å². The zero-order valence-corrected chi connectivity index (χ0v) is 12.7. The van der Waals surface area contributed by atoms with Gasteiger partial charge in [0.2, 0.25) is 10.0 Å². The topological polar surface area (TPSA) is 104 Å². The van der Waals surface area contributed by atoms with Gasteiger partial charge >= 0.3 is 5.97 Å². The largest absolute Gasteiger partial charge is 0.478 e. The molecule has 2 atom stereocenters. The minimum absolute atomic E-state index is 0.0893. The fraction of sp³-hybridized carbons (Fsp3) is 0.462. The summed E-state index contributed by atoms with van der Waals surface area (Å²) in [5.41, 5.74) is -0.151. The Morgan fingerprint density at radius 1 is 1.38 bits per heavy atom. The Hall–Kier alpha value is -1.15. The van der Waals surface area contributed by atoms with E-state index in [1.807, 2.05) is 0 Å². The van der Waals surface area contributed by atoms with Crippen molar-refractivity contribution in [2.24, 2.45) is 5.92 Å². The van der Waals surface area contributed by atoms with Crippen LogP contribution in [0.25, 0.3) is 0 Å². The smallest absolute Gasteiger partial charge is 0.337 e. The molecule has 8 heteroatoms. The van der Waals surface area contributed by atoms with Crippen molar-refractivity contribution in [2.45, 2.75) is 30.3 Å². The molecule has 1 saturated carbocycles. The highest BCUT2D eigenvalue weighted by atomic mass is 35.5. The van der Waals surface area contributed by atoms with Crippen LogP contribution in [0.3, 0.4) is 0 Å². The standard InChI is InChI=1S/C13H16ClNO5S/c14-11-6-9(4-5-10(11)13(17)18)21(19,20)15-7-8-2-1-3-12(8)16/h4-6,8,12,15-16H,1-3,7H2,(H,17,18). The van der Waals surface area contributed by atoms with Crippen molar-refractivity contribution >= 4 is 27.6 Å². The highest BCUT2D eigenvalue weighted by Crippen LogP contribution is 2.26. The normalized spacial score (nSPS) is 22.4. The Bertz CT molecular complexity index is 646. The van der Waals surface area contributed by atoms with Crippen LogP contribution in [0.15, 0.2) is 23.1 Å². The monoisotopic (exact) mass is 333 g/mol. The molecule has 1 aromatic rings. The van der Waals surface area contributed by atoms with Crippen molar-refractivity contribution in [2.75, 3.05) is 6.54 Å². The molecule has 116 valence electrons. The third-order valence-electron chi connectivity index (χ3n) is 3.64. The van der Waals surface area contributed by atoms with Crippen molar-refractivity contribution in [1.82, 2.24) is 4.72 Å². The number of benzene rings is 1. The molecule has 2 unspecified atom stereocenters. The summed E-state index contributed by atoms with van der Waals surface area (Å²) in [6.07, 6.45) is 1.87. The molecular formula is C13H16ClNO5S. The molecule has 0 radical (unpaired) electrons. The van der Waals surface area contributed by atoms with Crippen LogP contribution < -0.4 is 4.72 Å². The summed E-state index contributed by atoms with van der Waals surface area (Å²) < 4.78 is 26.7. The first-order valence-electron chi connectivity index (χ1n) is 6.52. The molecule has 6 nitrogen and oxygen atoms in total. The van der Waals surface area contributed by atoms with E-state index in [9.17, 15) is 18.3 Å². The SMILES string of the molecule is O=C(O)c1ccc(S(=O)(=O)NCC2CCCC2O)cc1Cl. The maximum Gasteiger partial charge on any atom is 0.337 e. The second-order valence-electron chi connectivity index (χ2n) is 5.06. The van der Waals surface area contributed by atoms with E-state index < -0.39 is 22.1 Å². The fourth-order valence-corrected chi connectivity index (χ4v) is 3.84. The fourth-order valence-electron chi connectivity index (χ4n) is 2.39. The van der Waals surface area contributed by atoms with E-state index in [0.717, 1.165) is 25.0 Å². The third kappa shape index (κ3) is 3.74. The first-order valence-corrected chi connectivity index (χ1v) is 8.38. The first-order chi connectivity index (χ1) is 9.81. The molecule has 2 rings (SSSR count). The lowest BCUT2D eigenvalue weighted by molar-refractivity contribution is 0.0697. The second kappa shape index (κ2) is 6.31. The number of carboxylic acid groups (broad SMARTS) is 1. The maximum atomic E-state index is 12.1. The molecule has 21 heavy (non-hydrogen) atoms. The van der Waals surface area contributed by atoms with Gasteiger partial charge in [-0.15, -0.1) is 0 Å². The Balaban J connectivity index is 2.12. The zero-order valence-electron chi connectivity index (χ0n) is 11.1. The first kappa shape index (κ1) is 16.2. The van der Waals surface area contributed by atoms with Gasteiger partial charge in [-0.2, -0.15) is 0 Å². The number of aliphatic hydroxyl groups excluding tert-OH is 1. The lowest BCUT2D eigenvalue weighted by Crippen LogP contribution is -2.32. The molecule has 0 saturated heterocycles. The second-order valence-corrected chi connectivity index (χ2v) is 7.23. The molecule has 0 aromatic heterocycles. The van der Waals surface area contributed by atoms with E-state index >= 15 is 0 Å². The zero-order chi connectivity index (χ0) is 15.6. The van der Waals surface area contributed by atoms with E-state index in [4.69, 9.17) is 16.7 Å². The van der Waals surface area contributed by atoms with Crippen LogP contribution in [-0.2, 0) is 10.0 Å². The number of rotatable bonds is 5. The predicted molar refractivity (Wildman–Crippen MR) is 76.9 cm³/mol. The number of nitrogens with one attached hydrogen (secondary N) is 1. The number of sulfonamides is 1. The van der Waals surface area contributed by atoms with Gasteiger partial charge in [-0.1, -0.05) is 18.0 Å². The quantitative estimate of drug-likeness (QED) is 0.757. The van der Waals surface area contributed by atoms with Gasteiger partial charge < -0.3 is 10.2 Å². The van der Waals surface area contributed by atoms with Gasteiger partial charge in [0.25, 0.3) is 0 Å². The maximum absolute atomic E-state index is 12.1. The van der Waals surface area contributed by atoms with E-state index in [2.05, 4.69) is 4.72 Å². The number of carbonyl (C=O) groups is 1. The van der Waals surface area contributed by atoms with Gasteiger partial charge in [0.05, 0.1) is 21.6 Å². The third-order valence-corrected chi connectivity index (χ3v) is 5.37. The van der Waals surface area contributed by atoms with Crippen LogP contribution >= 0.6 is 11.6 Å². The van der Waals surface area contributed by atoms with Crippen molar-refractivity contribution in [3.8, 4) is 0 Å². The molecule has 1 aliphatic carbocycles. The van der Waals surface area contributed by atoms with E-state index in [-0.39, 0.29) is 27.9 Å². The van der Waals surface area contributed by atoms with Gasteiger partial charge in [0.15, 0.2) is 0 Å². The summed E-state index contributed by atoms with van der Waals surface area (Å²) in [5.74, 6) is -1.31. The van der Waals surface area contributed by atoms with Crippen molar-refractivity contribution in [1.29, 1.82) is 0 Å². The molecule has 1 aromatic carbocycles. The molecule has 0 aliphatic heterocycles. The van der Waals surface area contributed by atoms with Gasteiger partial charge in [0.1, 0.15) is 0 Å². The number of hydrogen-bond donors (Lipinski definition) is 3. The van der Waals surface area contributed by atoms with Crippen LogP contribution in [0, 0.1) is 5.92 Å². The van der Waals surface area contributed by atoms with Gasteiger partial charge in [-0.3, -0.25) is 0 Å². The summed E-state index contributed by atoms with van der Waals surface area (Å²) in [4.78, 5) is 10.7. The predicted octanol–water partition coefficient (Wildman–Crippen LogP) is 1.48. The minimum atomic E-state index is -3.77. The average molecular weight is 334 g/mol. The average Bonchev–Trinajstić information content (AvgIpc) is 2.81. The number of halogens is 1. The molecular weight excluding hydrogens is 318 g/mol. The summed E-state index contributed by atoms with van der Waals surface area (Å²) in [7, 11) is -3.77. The molecule has 0 heterocycles. The van der Waals surface area contributed by atoms with Gasteiger partial charge in [-0.05, 0) is 37.0 Å². The van der Waals surface area contributed by atoms with Crippen LogP contribution in [-0.4, -0.2) is 37.2 Å². The molecule has 1 aliphatic rings. The number of aliphatic hydroxyl groups is 1. The highest BCUT2D eigenvalue weighted by Gasteiger charge is 2.27. The summed E-state index contributed by atoms with van der Waals surface area (Å²) in [5, 5.41) is 18.4. The van der Waals surface area contributed by atoms with Crippen molar-refractivity contribution < 1.29 is 23.4 Å². The molecule has 1 fully saturated rings. The van der Waals surface area contributed by atoms with Gasteiger partial charge in [-0.25, -0.2) is 17.9 Å². The Morgan fingerprint density at radius 2 is 2.10 bits per heavy atom. The van der Waals surface area contributed by atoms with Gasteiger partial charge in [0, 0.05) is 6.54 Å². The molecule has 3 N–H and O–H groups in total. The number of hydrogen-bond acceptors (Lipinski definition) is 4. The lowest BCUT2D eigenvalue weighted by atomic mass is 10.1. The van der Waals surface area contributed by atoms with Crippen molar-refractivity contribution in [3.63, 3.8) is 0 Å². The summed E-state index contributed by atoms with van der Waals surface area (Å²) in [6, 6.07) is 3.46.